The molecule has 1 aliphatic rings. The molecular formula is C17H34N2O2. The third-order valence-electron chi connectivity index (χ3n) is 5.30. The molecule has 0 heterocycles. The van der Waals surface area contributed by atoms with Crippen LogP contribution in [-0.4, -0.2) is 49.7 Å². The highest BCUT2D eigenvalue weighted by Gasteiger charge is 2.48. The number of carbonyl (C=O) groups excluding carboxylic acids is 1. The van der Waals surface area contributed by atoms with Crippen LogP contribution >= 0.6 is 0 Å². The summed E-state index contributed by atoms with van der Waals surface area (Å²) in [5, 5.41) is 3.30. The molecule has 0 bridgehead atoms. The first kappa shape index (κ1) is 18.4. The van der Waals surface area contributed by atoms with Gasteiger partial charge < -0.3 is 15.0 Å². The maximum Gasteiger partial charge on any atom is 0.326 e. The summed E-state index contributed by atoms with van der Waals surface area (Å²) in [6, 6.07) is 0.651. The van der Waals surface area contributed by atoms with Gasteiger partial charge in [0, 0.05) is 6.04 Å². The third-order valence-corrected chi connectivity index (χ3v) is 5.30. The Hall–Kier alpha value is -0.610. The average molecular weight is 298 g/mol. The number of hydrogen-bond acceptors (Lipinski definition) is 4. The van der Waals surface area contributed by atoms with Gasteiger partial charge in [-0.1, -0.05) is 20.3 Å². The molecule has 0 aromatic rings. The van der Waals surface area contributed by atoms with Gasteiger partial charge in [-0.05, 0) is 65.6 Å². The van der Waals surface area contributed by atoms with E-state index in [1.165, 1.54) is 12.8 Å². The van der Waals surface area contributed by atoms with E-state index < -0.39 is 5.54 Å². The Labute approximate surface area is 130 Å². The Kier molecular flexibility index (Phi) is 7.67. The largest absolute Gasteiger partial charge is 0.465 e. The SMILES string of the molecule is CCOC(=O)C1(NC)CCCC1CCN(C)C(CC)CC. The molecule has 21 heavy (non-hydrogen) atoms. The van der Waals surface area contributed by atoms with E-state index in [1.807, 2.05) is 14.0 Å². The normalized spacial score (nSPS) is 25.8. The van der Waals surface area contributed by atoms with E-state index in [9.17, 15) is 4.79 Å². The molecule has 124 valence electrons. The van der Waals surface area contributed by atoms with E-state index in [4.69, 9.17) is 4.74 Å². The molecule has 2 unspecified atom stereocenters. The highest BCUT2D eigenvalue weighted by Crippen LogP contribution is 2.39. The average Bonchev–Trinajstić information content (AvgIpc) is 2.90. The van der Waals surface area contributed by atoms with Crippen molar-refractivity contribution in [1.29, 1.82) is 0 Å². The van der Waals surface area contributed by atoms with Gasteiger partial charge in [-0.3, -0.25) is 4.79 Å². The van der Waals surface area contributed by atoms with Crippen molar-refractivity contribution in [3.05, 3.63) is 0 Å². The first-order valence-corrected chi connectivity index (χ1v) is 8.62. The molecule has 0 aliphatic heterocycles. The summed E-state index contributed by atoms with van der Waals surface area (Å²) in [6.45, 7) is 7.89. The molecule has 4 nitrogen and oxygen atoms in total. The van der Waals surface area contributed by atoms with E-state index in [1.54, 1.807) is 0 Å². The monoisotopic (exact) mass is 298 g/mol. The van der Waals surface area contributed by atoms with Gasteiger partial charge in [-0.15, -0.1) is 0 Å². The van der Waals surface area contributed by atoms with E-state index in [-0.39, 0.29) is 5.97 Å². The van der Waals surface area contributed by atoms with Gasteiger partial charge in [0.2, 0.25) is 0 Å². The smallest absolute Gasteiger partial charge is 0.326 e. The quantitative estimate of drug-likeness (QED) is 0.665. The van der Waals surface area contributed by atoms with Gasteiger partial charge in [0.05, 0.1) is 6.61 Å². The molecule has 2 atom stereocenters. The molecule has 4 heteroatoms. The fourth-order valence-electron chi connectivity index (χ4n) is 3.88. The zero-order valence-corrected chi connectivity index (χ0v) is 14.6. The summed E-state index contributed by atoms with van der Waals surface area (Å²) in [5.41, 5.74) is -0.454. The first-order chi connectivity index (χ1) is 10.1. The van der Waals surface area contributed by atoms with Crippen LogP contribution in [0.15, 0.2) is 0 Å². The maximum atomic E-state index is 12.4. The molecule has 1 fully saturated rings. The standard InChI is InChI=1S/C17H34N2O2/c1-6-15(7-2)19(5)13-11-14-10-9-12-17(14,18-4)16(20)21-8-3/h14-15,18H,6-13H2,1-5H3. The Morgan fingerprint density at radius 2 is 2.05 bits per heavy atom. The molecule has 0 spiro atoms. The molecule has 1 aliphatic carbocycles. The Bertz CT molecular complexity index is 318. The molecule has 0 amide bonds. The minimum absolute atomic E-state index is 0.0554. The second kappa shape index (κ2) is 8.74. The summed E-state index contributed by atoms with van der Waals surface area (Å²) < 4.78 is 5.33. The third kappa shape index (κ3) is 4.19. The predicted molar refractivity (Wildman–Crippen MR) is 87.4 cm³/mol. The number of likely N-dealkylation sites (N-methyl/N-ethyl adjacent to an activating group) is 1. The van der Waals surface area contributed by atoms with Gasteiger partial charge in [0.1, 0.15) is 5.54 Å². The van der Waals surface area contributed by atoms with Crippen molar-refractivity contribution in [3.63, 3.8) is 0 Å². The number of nitrogens with zero attached hydrogens (tertiary/aromatic N) is 1. The van der Waals surface area contributed by atoms with E-state index in [0.717, 1.165) is 32.2 Å². The van der Waals surface area contributed by atoms with Gasteiger partial charge in [-0.25, -0.2) is 0 Å². The molecule has 0 aromatic heterocycles. The lowest BCUT2D eigenvalue weighted by atomic mass is 9.84. The lowest BCUT2D eigenvalue weighted by molar-refractivity contribution is -0.153. The number of rotatable bonds is 9. The Morgan fingerprint density at radius 1 is 1.38 bits per heavy atom. The number of nitrogens with one attached hydrogen (secondary N) is 1. The van der Waals surface area contributed by atoms with E-state index >= 15 is 0 Å². The van der Waals surface area contributed by atoms with Crippen molar-refractivity contribution in [2.75, 3.05) is 27.2 Å². The van der Waals surface area contributed by atoms with Crippen LogP contribution in [0.5, 0.6) is 0 Å². The number of carbonyl (C=O) groups is 1. The fraction of sp³-hybridized carbons (Fsp3) is 0.941. The van der Waals surface area contributed by atoms with Crippen LogP contribution in [0, 0.1) is 5.92 Å². The molecule has 1 N–H and O–H groups in total. The Balaban J connectivity index is 2.65. The molecule has 1 rings (SSSR count). The zero-order chi connectivity index (χ0) is 15.9. The van der Waals surface area contributed by atoms with E-state index in [2.05, 4.69) is 31.1 Å². The van der Waals surface area contributed by atoms with Gasteiger partial charge in [0.15, 0.2) is 0 Å². The van der Waals surface area contributed by atoms with Gasteiger partial charge in [0.25, 0.3) is 0 Å². The number of esters is 1. The van der Waals surface area contributed by atoms with Crippen LogP contribution in [-0.2, 0) is 9.53 Å². The summed E-state index contributed by atoms with van der Waals surface area (Å²) in [4.78, 5) is 14.8. The zero-order valence-electron chi connectivity index (χ0n) is 14.6. The van der Waals surface area contributed by atoms with E-state index in [0.29, 0.717) is 18.6 Å². The van der Waals surface area contributed by atoms with Crippen LogP contribution in [0.25, 0.3) is 0 Å². The van der Waals surface area contributed by atoms with Crippen molar-refractivity contribution < 1.29 is 9.53 Å². The van der Waals surface area contributed by atoms with Crippen molar-refractivity contribution in [1.82, 2.24) is 10.2 Å². The van der Waals surface area contributed by atoms with Crippen molar-refractivity contribution in [2.24, 2.45) is 5.92 Å². The summed E-state index contributed by atoms with van der Waals surface area (Å²) >= 11 is 0. The van der Waals surface area contributed by atoms with Gasteiger partial charge in [-0.2, -0.15) is 0 Å². The molecule has 1 saturated carbocycles. The van der Waals surface area contributed by atoms with Gasteiger partial charge >= 0.3 is 5.97 Å². The minimum atomic E-state index is -0.454. The second-order valence-corrected chi connectivity index (χ2v) is 6.27. The molecule has 0 radical (unpaired) electrons. The van der Waals surface area contributed by atoms with Crippen molar-refractivity contribution in [2.45, 2.75) is 70.9 Å². The second-order valence-electron chi connectivity index (χ2n) is 6.27. The Morgan fingerprint density at radius 3 is 2.57 bits per heavy atom. The maximum absolute atomic E-state index is 12.4. The fourth-order valence-corrected chi connectivity index (χ4v) is 3.88. The molecular weight excluding hydrogens is 264 g/mol. The van der Waals surface area contributed by atoms with Crippen molar-refractivity contribution >= 4 is 5.97 Å². The molecule has 0 saturated heterocycles. The van der Waals surface area contributed by atoms with Crippen LogP contribution < -0.4 is 5.32 Å². The van der Waals surface area contributed by atoms with Crippen LogP contribution in [0.4, 0.5) is 0 Å². The molecule has 0 aromatic carbocycles. The first-order valence-electron chi connectivity index (χ1n) is 8.62. The highest BCUT2D eigenvalue weighted by molar-refractivity contribution is 5.81. The lowest BCUT2D eigenvalue weighted by Gasteiger charge is -2.35. The van der Waals surface area contributed by atoms with Crippen LogP contribution in [0.2, 0.25) is 0 Å². The highest BCUT2D eigenvalue weighted by atomic mass is 16.5. The topological polar surface area (TPSA) is 41.6 Å². The van der Waals surface area contributed by atoms with Crippen molar-refractivity contribution in [3.8, 4) is 0 Å². The number of hydrogen-bond donors (Lipinski definition) is 1. The predicted octanol–water partition coefficient (Wildman–Crippen LogP) is 2.82. The summed E-state index contributed by atoms with van der Waals surface area (Å²) in [5.74, 6) is 0.332. The van der Waals surface area contributed by atoms with Crippen LogP contribution in [0.1, 0.15) is 59.3 Å². The number of ether oxygens (including phenoxy) is 1. The van der Waals surface area contributed by atoms with Crippen LogP contribution in [0.3, 0.4) is 0 Å². The summed E-state index contributed by atoms with van der Waals surface area (Å²) in [6.07, 6.45) is 6.57. The lowest BCUT2D eigenvalue weighted by Crippen LogP contribution is -2.54. The minimum Gasteiger partial charge on any atom is -0.465 e. The summed E-state index contributed by atoms with van der Waals surface area (Å²) in [7, 11) is 4.11.